The van der Waals surface area contributed by atoms with Crippen LogP contribution in [0, 0.1) is 6.07 Å². The maximum Gasteiger partial charge on any atom is 0.273 e. The van der Waals surface area contributed by atoms with Crippen LogP contribution in [0.5, 0.6) is 0 Å². The molecule has 1 aliphatic heterocycles. The fourth-order valence-corrected chi connectivity index (χ4v) is 2.03. The molecule has 0 bridgehead atoms. The molecule has 0 atom stereocenters. The second-order valence-corrected chi connectivity index (χ2v) is 4.57. The first-order chi connectivity index (χ1) is 10.2. The van der Waals surface area contributed by atoms with Crippen LogP contribution in [0.4, 0.5) is 5.69 Å². The van der Waals surface area contributed by atoms with Gasteiger partial charge in [0, 0.05) is 53.6 Å². The largest absolute Gasteiger partial charge is 0.532 e. The van der Waals surface area contributed by atoms with E-state index >= 15 is 0 Å². The minimum atomic E-state index is -0.235. The van der Waals surface area contributed by atoms with Crippen LogP contribution in [-0.2, 0) is 51.1 Å². The number of carbonyl (C=O) groups excluding carboxylic acids is 1. The first kappa shape index (κ1) is 25.3. The summed E-state index contributed by atoms with van der Waals surface area (Å²) in [4.78, 5) is 26.2. The summed E-state index contributed by atoms with van der Waals surface area (Å²) in [5, 5.41) is 1.35. The molecule has 0 saturated heterocycles. The van der Waals surface area contributed by atoms with Gasteiger partial charge in [-0.15, -0.1) is 5.84 Å². The minimum absolute atomic E-state index is 0. The van der Waals surface area contributed by atoms with Gasteiger partial charge in [0.1, 0.15) is 0 Å². The molecule has 0 aromatic carbocycles. The fourth-order valence-electron chi connectivity index (χ4n) is 2.03. The van der Waals surface area contributed by atoms with Crippen LogP contribution >= 0.6 is 0 Å². The van der Waals surface area contributed by atoms with Gasteiger partial charge in [-0.2, -0.15) is 5.69 Å². The van der Waals surface area contributed by atoms with E-state index in [2.05, 4.69) is 16.0 Å². The van der Waals surface area contributed by atoms with E-state index in [4.69, 9.17) is 10.6 Å². The topological polar surface area (TPSA) is 110 Å². The number of aliphatic imine (C=N–C) groups is 1. The maximum atomic E-state index is 12.5. The van der Waals surface area contributed by atoms with Gasteiger partial charge in [0.25, 0.3) is 5.91 Å². The number of amidine groups is 1. The van der Waals surface area contributed by atoms with Gasteiger partial charge < -0.3 is 16.2 Å². The van der Waals surface area contributed by atoms with Gasteiger partial charge in [-0.05, 0) is 31.5 Å². The van der Waals surface area contributed by atoms with Crippen LogP contribution in [0.3, 0.4) is 0 Å². The number of aromatic nitrogens is 1. The van der Waals surface area contributed by atoms with Crippen LogP contribution in [0.25, 0.3) is 11.8 Å². The Morgan fingerprint density at radius 2 is 2.17 bits per heavy atom. The molecule has 1 aliphatic rings. The number of fused-ring (bicyclic) bond motifs is 1. The van der Waals surface area contributed by atoms with Crippen LogP contribution in [-0.4, -0.2) is 40.4 Å². The molecule has 2 rings (SSSR count). The molecule has 0 unspecified atom stereocenters. The molecule has 0 radical (unpaired) electrons. The zero-order valence-corrected chi connectivity index (χ0v) is 17.9. The zero-order valence-electron chi connectivity index (χ0n) is 13.4. The normalized spacial score (nSPS) is 12.1. The molecule has 136 valence electrons. The molecule has 7 nitrogen and oxygen atoms in total. The monoisotopic (exact) mass is 594 g/mol. The quantitative estimate of drug-likeness (QED) is 0.296. The van der Waals surface area contributed by atoms with Crippen molar-refractivity contribution in [1.29, 1.82) is 0 Å². The van der Waals surface area contributed by atoms with Crippen molar-refractivity contribution in [2.45, 2.75) is 26.7 Å². The third-order valence-electron chi connectivity index (χ3n) is 2.90. The molecule has 0 fully saturated rings. The average molecular weight is 595 g/mol. The third kappa shape index (κ3) is 6.54. The Labute approximate surface area is 169 Å². The molecule has 3 N–H and O–H groups in total. The Balaban J connectivity index is 0. The van der Waals surface area contributed by atoms with Gasteiger partial charge in [-0.25, -0.2) is 17.2 Å². The van der Waals surface area contributed by atoms with Crippen molar-refractivity contribution >= 4 is 23.5 Å². The second-order valence-electron chi connectivity index (χ2n) is 4.57. The molecule has 9 heteroatoms. The van der Waals surface area contributed by atoms with Crippen molar-refractivity contribution in [3.05, 3.63) is 35.3 Å². The van der Waals surface area contributed by atoms with E-state index in [0.717, 1.165) is 6.42 Å². The molecule has 24 heavy (non-hydrogen) atoms. The first-order valence-electron chi connectivity index (χ1n) is 6.96. The van der Waals surface area contributed by atoms with E-state index < -0.39 is 0 Å². The number of rotatable bonds is 5. The van der Waals surface area contributed by atoms with E-state index in [0.29, 0.717) is 30.1 Å². The summed E-state index contributed by atoms with van der Waals surface area (Å²) in [7, 11) is 0. The average Bonchev–Trinajstić information content (AvgIpc) is 2.64. The summed E-state index contributed by atoms with van der Waals surface area (Å²) in [6, 6.07) is 4.49. The second kappa shape index (κ2) is 12.5. The maximum absolute atomic E-state index is 12.5. The standard InChI is InChI=1S/C15H19N4O2.H2O.Pd.W/c1-3-8-19(21-4-2)15(20)11-9-13-12(6-5-7-17-13)18-14(16)10-11;;;/h6-7,9H,3-4,8,10H2,1-2H3,(H2,16,18,20);1H2;;/q-1;;;/p-1. The summed E-state index contributed by atoms with van der Waals surface area (Å²) < 4.78 is 0. The number of nitrogens with zero attached hydrogens (tertiary/aromatic N) is 3. The SMILES string of the molecule is CCCN(OCC)C(=O)C1=Cc2nc[c-]cc2N=C([NH-])C1.O.[Pd].[W]. The number of carbonyl (C=O) groups is 1. The number of hydroxylamine groups is 2. The molecular formula is C15H20N4O3PdW-2. The van der Waals surface area contributed by atoms with E-state index in [1.165, 1.54) is 11.3 Å². The van der Waals surface area contributed by atoms with Crippen molar-refractivity contribution in [2.24, 2.45) is 4.99 Å². The van der Waals surface area contributed by atoms with Gasteiger partial charge in [0.2, 0.25) is 0 Å². The smallest absolute Gasteiger partial charge is 0.273 e. The van der Waals surface area contributed by atoms with Crippen molar-refractivity contribution in [1.82, 2.24) is 10.0 Å². The number of amides is 1. The van der Waals surface area contributed by atoms with Crippen LogP contribution in [0.2, 0.25) is 0 Å². The molecule has 2 heterocycles. The number of hydrogen-bond donors (Lipinski definition) is 0. The van der Waals surface area contributed by atoms with Crippen LogP contribution in [0.1, 0.15) is 32.4 Å². The number of pyridine rings is 1. The van der Waals surface area contributed by atoms with Crippen molar-refractivity contribution in [3.8, 4) is 0 Å². The van der Waals surface area contributed by atoms with Crippen molar-refractivity contribution in [2.75, 3.05) is 13.2 Å². The van der Waals surface area contributed by atoms with Crippen LogP contribution in [0.15, 0.2) is 22.8 Å². The molecule has 1 aromatic rings. The summed E-state index contributed by atoms with van der Waals surface area (Å²) in [5.74, 6) is -0.108. The molecule has 0 aliphatic carbocycles. The molecule has 1 amide bonds. The Bertz CT molecular complexity index is 590. The first-order valence-corrected chi connectivity index (χ1v) is 6.96. The van der Waals surface area contributed by atoms with Gasteiger partial charge in [0.15, 0.2) is 0 Å². The molecule has 0 spiro atoms. The van der Waals surface area contributed by atoms with Gasteiger partial charge in [0.05, 0.1) is 6.61 Å². The number of hydrogen-bond acceptors (Lipinski definition) is 4. The summed E-state index contributed by atoms with van der Waals surface area (Å²) in [5.41, 5.74) is 9.46. The molecule has 0 saturated carbocycles. The predicted octanol–water partition coefficient (Wildman–Crippen LogP) is 2.11. The van der Waals surface area contributed by atoms with Gasteiger partial charge in [-0.3, -0.25) is 14.6 Å². The van der Waals surface area contributed by atoms with Crippen LogP contribution < -0.4 is 0 Å². The van der Waals surface area contributed by atoms with E-state index in [1.54, 1.807) is 12.1 Å². The van der Waals surface area contributed by atoms with Gasteiger partial charge in [-0.1, -0.05) is 13.1 Å². The Morgan fingerprint density at radius 3 is 2.79 bits per heavy atom. The Morgan fingerprint density at radius 1 is 1.46 bits per heavy atom. The fraction of sp³-hybridized carbons (Fsp3) is 0.400. The number of nitrogens with one attached hydrogen (secondary N) is 1. The van der Waals surface area contributed by atoms with E-state index in [1.807, 2.05) is 13.8 Å². The zero-order chi connectivity index (χ0) is 15.2. The van der Waals surface area contributed by atoms with Crippen molar-refractivity contribution in [3.63, 3.8) is 0 Å². The Kier molecular flexibility index (Phi) is 13.2. The molecule has 1 aromatic heterocycles. The summed E-state index contributed by atoms with van der Waals surface area (Å²) in [6.45, 7) is 4.74. The van der Waals surface area contributed by atoms with E-state index in [-0.39, 0.29) is 65.1 Å². The minimum Gasteiger partial charge on any atom is -0.532 e. The summed E-state index contributed by atoms with van der Waals surface area (Å²) >= 11 is 0. The molecular weight excluding hydrogens is 574 g/mol. The van der Waals surface area contributed by atoms with E-state index in [9.17, 15) is 4.79 Å². The summed E-state index contributed by atoms with van der Waals surface area (Å²) in [6.07, 6.45) is 4.17. The predicted molar refractivity (Wildman–Crippen MR) is 84.3 cm³/mol. The van der Waals surface area contributed by atoms with Gasteiger partial charge >= 0.3 is 0 Å². The van der Waals surface area contributed by atoms with Crippen molar-refractivity contribution < 1.29 is 56.6 Å². The Hall–Kier alpha value is -0.899. The third-order valence-corrected chi connectivity index (χ3v) is 2.90.